The Morgan fingerprint density at radius 1 is 1.52 bits per heavy atom. The summed E-state index contributed by atoms with van der Waals surface area (Å²) in [4.78, 5) is 18.3. The minimum atomic E-state index is -0.705. The largest absolute Gasteiger partial charge is 0.368 e. The summed E-state index contributed by atoms with van der Waals surface area (Å²) in [6.07, 6.45) is 4.38. The summed E-state index contributed by atoms with van der Waals surface area (Å²) >= 11 is 0. The molecule has 1 aromatic rings. The molecular weight excluding hydrogens is 266 g/mol. The van der Waals surface area contributed by atoms with E-state index in [1.165, 1.54) is 0 Å². The zero-order valence-corrected chi connectivity index (χ0v) is 14.1. The number of carbonyl (C=O) groups excluding carboxylic acids is 1. The maximum atomic E-state index is 11.8. The first-order valence-electron chi connectivity index (χ1n) is 7.39. The molecule has 120 valence electrons. The molecular formula is C15H29N5O. The standard InChI is InChI=1S/C15H29N5O/c1-11(2)18-15(4,14(16)21)9-12(3)20(6)10-13-17-7-8-19(13)5/h7-8,11-12,18H,9-10H2,1-6H3,(H2,16,21). The van der Waals surface area contributed by atoms with Gasteiger partial charge in [-0.2, -0.15) is 0 Å². The van der Waals surface area contributed by atoms with Gasteiger partial charge in [-0.25, -0.2) is 4.98 Å². The predicted molar refractivity (Wildman–Crippen MR) is 84.6 cm³/mol. The third-order valence-electron chi connectivity index (χ3n) is 3.92. The van der Waals surface area contributed by atoms with Crippen molar-refractivity contribution >= 4 is 5.91 Å². The Bertz CT molecular complexity index is 470. The zero-order chi connectivity index (χ0) is 16.2. The van der Waals surface area contributed by atoms with Crippen LogP contribution >= 0.6 is 0 Å². The van der Waals surface area contributed by atoms with E-state index in [4.69, 9.17) is 5.73 Å². The molecule has 0 aliphatic carbocycles. The normalized spacial score (nSPS) is 16.2. The van der Waals surface area contributed by atoms with Crippen LogP contribution < -0.4 is 11.1 Å². The number of nitrogens with zero attached hydrogens (tertiary/aromatic N) is 3. The van der Waals surface area contributed by atoms with Crippen LogP contribution in [0.15, 0.2) is 12.4 Å². The fourth-order valence-corrected chi connectivity index (χ4v) is 2.54. The molecule has 0 aromatic carbocycles. The predicted octanol–water partition coefficient (Wildman–Crippen LogP) is 0.873. The first kappa shape index (κ1) is 17.7. The number of aromatic nitrogens is 2. The molecule has 0 fully saturated rings. The van der Waals surface area contributed by atoms with Gasteiger partial charge in [-0.05, 0) is 41.2 Å². The van der Waals surface area contributed by atoms with Crippen LogP contribution in [0.2, 0.25) is 0 Å². The van der Waals surface area contributed by atoms with E-state index in [1.807, 2.05) is 45.6 Å². The van der Waals surface area contributed by atoms with E-state index in [0.29, 0.717) is 6.42 Å². The molecule has 0 spiro atoms. The Kier molecular flexibility index (Phi) is 5.92. The Morgan fingerprint density at radius 2 is 2.14 bits per heavy atom. The third-order valence-corrected chi connectivity index (χ3v) is 3.92. The van der Waals surface area contributed by atoms with Gasteiger partial charge in [0, 0.05) is 31.5 Å². The van der Waals surface area contributed by atoms with E-state index in [2.05, 4.69) is 22.1 Å². The van der Waals surface area contributed by atoms with Gasteiger partial charge in [0.25, 0.3) is 0 Å². The molecule has 1 rings (SSSR count). The summed E-state index contributed by atoms with van der Waals surface area (Å²) in [5.74, 6) is 0.690. The maximum absolute atomic E-state index is 11.8. The van der Waals surface area contributed by atoms with Gasteiger partial charge >= 0.3 is 0 Å². The highest BCUT2D eigenvalue weighted by Crippen LogP contribution is 2.17. The van der Waals surface area contributed by atoms with E-state index >= 15 is 0 Å². The number of rotatable bonds is 8. The first-order chi connectivity index (χ1) is 9.65. The molecule has 1 aromatic heterocycles. The highest BCUT2D eigenvalue weighted by molar-refractivity contribution is 5.84. The molecule has 6 nitrogen and oxygen atoms in total. The summed E-state index contributed by atoms with van der Waals surface area (Å²) < 4.78 is 2.00. The monoisotopic (exact) mass is 295 g/mol. The van der Waals surface area contributed by atoms with Crippen molar-refractivity contribution in [3.05, 3.63) is 18.2 Å². The molecule has 2 unspecified atom stereocenters. The van der Waals surface area contributed by atoms with Crippen LogP contribution in [0.25, 0.3) is 0 Å². The van der Waals surface area contributed by atoms with Gasteiger partial charge < -0.3 is 15.6 Å². The molecule has 1 heterocycles. The van der Waals surface area contributed by atoms with Crippen LogP contribution in [-0.4, -0.2) is 45.0 Å². The number of hydrogen-bond acceptors (Lipinski definition) is 4. The van der Waals surface area contributed by atoms with Crippen LogP contribution in [0.4, 0.5) is 0 Å². The second-order valence-electron chi connectivity index (χ2n) is 6.42. The molecule has 3 N–H and O–H groups in total. The molecule has 0 aliphatic rings. The van der Waals surface area contributed by atoms with Gasteiger partial charge in [0.1, 0.15) is 5.82 Å². The molecule has 1 amide bonds. The van der Waals surface area contributed by atoms with Crippen LogP contribution in [0.3, 0.4) is 0 Å². The minimum absolute atomic E-state index is 0.199. The minimum Gasteiger partial charge on any atom is -0.368 e. The van der Waals surface area contributed by atoms with E-state index < -0.39 is 5.54 Å². The van der Waals surface area contributed by atoms with E-state index in [9.17, 15) is 4.79 Å². The highest BCUT2D eigenvalue weighted by atomic mass is 16.1. The topological polar surface area (TPSA) is 76.2 Å². The lowest BCUT2D eigenvalue weighted by molar-refractivity contribution is -0.124. The summed E-state index contributed by atoms with van der Waals surface area (Å²) in [5, 5.41) is 3.29. The molecule has 21 heavy (non-hydrogen) atoms. The van der Waals surface area contributed by atoms with Crippen molar-refractivity contribution in [3.63, 3.8) is 0 Å². The van der Waals surface area contributed by atoms with E-state index in [0.717, 1.165) is 12.4 Å². The summed E-state index contributed by atoms with van der Waals surface area (Å²) in [6, 6.07) is 0.403. The number of aryl methyl sites for hydroxylation is 1. The molecule has 0 saturated heterocycles. The van der Waals surface area contributed by atoms with Crippen LogP contribution in [0, 0.1) is 0 Å². The first-order valence-corrected chi connectivity index (χ1v) is 7.39. The third kappa shape index (κ3) is 4.82. The average molecular weight is 295 g/mol. The number of imidazole rings is 1. The fourth-order valence-electron chi connectivity index (χ4n) is 2.54. The number of carbonyl (C=O) groups is 1. The fraction of sp³-hybridized carbons (Fsp3) is 0.733. The quantitative estimate of drug-likeness (QED) is 0.746. The van der Waals surface area contributed by atoms with Crippen LogP contribution in [-0.2, 0) is 18.4 Å². The van der Waals surface area contributed by atoms with Crippen molar-refractivity contribution in [2.45, 2.75) is 58.3 Å². The van der Waals surface area contributed by atoms with E-state index in [1.54, 1.807) is 6.20 Å². The average Bonchev–Trinajstić information content (AvgIpc) is 2.73. The van der Waals surface area contributed by atoms with Gasteiger partial charge in [0.2, 0.25) is 5.91 Å². The summed E-state index contributed by atoms with van der Waals surface area (Å²) in [6.45, 7) is 8.75. The Labute approximate surface area is 127 Å². The van der Waals surface area contributed by atoms with Crippen LogP contribution in [0.1, 0.15) is 39.9 Å². The lowest BCUT2D eigenvalue weighted by Gasteiger charge is -2.35. The number of amides is 1. The van der Waals surface area contributed by atoms with Crippen molar-refractivity contribution in [3.8, 4) is 0 Å². The molecule has 0 saturated carbocycles. The Morgan fingerprint density at radius 3 is 2.57 bits per heavy atom. The van der Waals surface area contributed by atoms with Gasteiger partial charge in [-0.3, -0.25) is 9.69 Å². The SMILES string of the molecule is CC(C)NC(C)(CC(C)N(C)Cc1nccn1C)C(N)=O. The molecule has 0 aliphatic heterocycles. The Hall–Kier alpha value is -1.40. The second-order valence-corrected chi connectivity index (χ2v) is 6.42. The maximum Gasteiger partial charge on any atom is 0.237 e. The Balaban J connectivity index is 2.70. The number of nitrogens with one attached hydrogen (secondary N) is 1. The lowest BCUT2D eigenvalue weighted by atomic mass is 9.91. The van der Waals surface area contributed by atoms with Gasteiger partial charge in [0.15, 0.2) is 0 Å². The molecule has 2 atom stereocenters. The zero-order valence-electron chi connectivity index (χ0n) is 14.1. The van der Waals surface area contributed by atoms with Gasteiger partial charge in [-0.15, -0.1) is 0 Å². The summed E-state index contributed by atoms with van der Waals surface area (Å²) in [7, 11) is 4.02. The van der Waals surface area contributed by atoms with Crippen LogP contribution in [0.5, 0.6) is 0 Å². The molecule has 6 heteroatoms. The van der Waals surface area contributed by atoms with Crippen molar-refractivity contribution < 1.29 is 4.79 Å². The molecule has 0 radical (unpaired) electrons. The second kappa shape index (κ2) is 7.04. The highest BCUT2D eigenvalue weighted by Gasteiger charge is 2.34. The summed E-state index contributed by atoms with van der Waals surface area (Å²) in [5.41, 5.74) is 4.89. The van der Waals surface area contributed by atoms with Crippen molar-refractivity contribution in [2.75, 3.05) is 7.05 Å². The van der Waals surface area contributed by atoms with Crippen molar-refractivity contribution in [1.29, 1.82) is 0 Å². The van der Waals surface area contributed by atoms with Crippen molar-refractivity contribution in [1.82, 2.24) is 19.8 Å². The van der Waals surface area contributed by atoms with Crippen molar-refractivity contribution in [2.24, 2.45) is 12.8 Å². The number of primary amides is 1. The number of hydrogen-bond donors (Lipinski definition) is 2. The van der Waals surface area contributed by atoms with E-state index in [-0.39, 0.29) is 18.0 Å². The van der Waals surface area contributed by atoms with Gasteiger partial charge in [0.05, 0.1) is 12.1 Å². The van der Waals surface area contributed by atoms with Gasteiger partial charge in [-0.1, -0.05) is 0 Å². The number of nitrogens with two attached hydrogens (primary N) is 1. The smallest absolute Gasteiger partial charge is 0.237 e. The lowest BCUT2D eigenvalue weighted by Crippen LogP contribution is -2.58. The molecule has 0 bridgehead atoms.